The van der Waals surface area contributed by atoms with Gasteiger partial charge in [0.1, 0.15) is 12.1 Å². The number of nitrogens with zero attached hydrogens (tertiary/aromatic N) is 3. The van der Waals surface area contributed by atoms with Crippen molar-refractivity contribution in [2.75, 3.05) is 10.6 Å². The molecular weight excluding hydrogens is 318 g/mol. The molecule has 0 unspecified atom stereocenters. The van der Waals surface area contributed by atoms with E-state index in [9.17, 15) is 9.59 Å². The fourth-order valence-corrected chi connectivity index (χ4v) is 2.52. The van der Waals surface area contributed by atoms with E-state index in [0.29, 0.717) is 11.4 Å². The van der Waals surface area contributed by atoms with Crippen molar-refractivity contribution in [2.45, 2.75) is 27.3 Å². The van der Waals surface area contributed by atoms with Crippen molar-refractivity contribution < 1.29 is 9.59 Å². The van der Waals surface area contributed by atoms with E-state index in [1.54, 1.807) is 28.9 Å². The van der Waals surface area contributed by atoms with Crippen LogP contribution in [-0.2, 0) is 16.1 Å². The first kappa shape index (κ1) is 16.6. The number of hydrogen-bond donors (Lipinski definition) is 2. The van der Waals surface area contributed by atoms with Crippen LogP contribution >= 0.6 is 0 Å². The number of amides is 2. The second kappa shape index (κ2) is 6.72. The van der Waals surface area contributed by atoms with Gasteiger partial charge >= 0.3 is 0 Å². The summed E-state index contributed by atoms with van der Waals surface area (Å²) in [5.74, 6) is -0.335. The Hall–Kier alpha value is -3.22. The number of anilines is 2. The third-order valence-electron chi connectivity index (χ3n) is 3.91. The third-order valence-corrected chi connectivity index (χ3v) is 3.91. The summed E-state index contributed by atoms with van der Waals surface area (Å²) in [6.45, 7) is 5.56. The first-order valence-corrected chi connectivity index (χ1v) is 7.90. The lowest BCUT2D eigenvalue weighted by Crippen LogP contribution is -2.19. The largest absolute Gasteiger partial charge is 0.326 e. The molecule has 25 heavy (non-hydrogen) atoms. The lowest BCUT2D eigenvalue weighted by atomic mass is 10.1. The zero-order valence-corrected chi connectivity index (χ0v) is 14.3. The van der Waals surface area contributed by atoms with Gasteiger partial charge in [-0.2, -0.15) is 0 Å². The number of rotatable bonds is 4. The summed E-state index contributed by atoms with van der Waals surface area (Å²) in [6, 6.07) is 10.9. The van der Waals surface area contributed by atoms with Crippen molar-refractivity contribution in [3.63, 3.8) is 0 Å². The fourth-order valence-electron chi connectivity index (χ4n) is 2.52. The molecule has 0 aliphatic heterocycles. The number of hydrogen-bond acceptors (Lipinski definition) is 4. The Labute approximate surface area is 145 Å². The number of carbonyl (C=O) groups excluding carboxylic acids is 2. The van der Waals surface area contributed by atoms with Gasteiger partial charge in [0.05, 0.1) is 5.52 Å². The number of nitrogens with one attached hydrogen (secondary N) is 2. The van der Waals surface area contributed by atoms with Gasteiger partial charge in [0.25, 0.3) is 0 Å². The molecule has 0 bridgehead atoms. The van der Waals surface area contributed by atoms with Crippen LogP contribution in [0.15, 0.2) is 36.4 Å². The van der Waals surface area contributed by atoms with Gasteiger partial charge in [0.15, 0.2) is 0 Å². The summed E-state index contributed by atoms with van der Waals surface area (Å²) >= 11 is 0. The molecule has 0 saturated carbocycles. The molecule has 2 N–H and O–H groups in total. The third kappa shape index (κ3) is 3.82. The zero-order valence-electron chi connectivity index (χ0n) is 14.3. The van der Waals surface area contributed by atoms with Gasteiger partial charge in [-0.15, -0.1) is 5.10 Å². The maximum Gasteiger partial charge on any atom is 0.246 e. The van der Waals surface area contributed by atoms with E-state index in [-0.39, 0.29) is 18.4 Å². The van der Waals surface area contributed by atoms with Crippen molar-refractivity contribution in [1.82, 2.24) is 15.0 Å². The van der Waals surface area contributed by atoms with Gasteiger partial charge in [-0.3, -0.25) is 9.59 Å². The molecule has 0 aliphatic rings. The van der Waals surface area contributed by atoms with Crippen LogP contribution < -0.4 is 10.6 Å². The highest BCUT2D eigenvalue weighted by molar-refractivity contribution is 5.92. The van der Waals surface area contributed by atoms with Crippen LogP contribution in [0.25, 0.3) is 11.0 Å². The van der Waals surface area contributed by atoms with Crippen LogP contribution in [0.4, 0.5) is 11.4 Å². The van der Waals surface area contributed by atoms with E-state index in [2.05, 4.69) is 20.9 Å². The minimum Gasteiger partial charge on any atom is -0.326 e. The summed E-state index contributed by atoms with van der Waals surface area (Å²) in [4.78, 5) is 23.3. The molecule has 3 rings (SSSR count). The topological polar surface area (TPSA) is 88.9 Å². The number of aromatic nitrogens is 3. The minimum absolute atomic E-state index is 0.0758. The molecule has 2 aromatic carbocycles. The van der Waals surface area contributed by atoms with E-state index in [0.717, 1.165) is 22.2 Å². The molecule has 0 atom stereocenters. The molecule has 0 saturated heterocycles. The van der Waals surface area contributed by atoms with Crippen molar-refractivity contribution in [2.24, 2.45) is 0 Å². The summed E-state index contributed by atoms with van der Waals surface area (Å²) in [5.41, 5.74) is 5.21. The van der Waals surface area contributed by atoms with E-state index >= 15 is 0 Å². The van der Waals surface area contributed by atoms with Crippen molar-refractivity contribution >= 4 is 34.2 Å². The Morgan fingerprint density at radius 2 is 1.60 bits per heavy atom. The van der Waals surface area contributed by atoms with E-state index in [1.165, 1.54) is 6.92 Å². The predicted molar refractivity (Wildman–Crippen MR) is 96.4 cm³/mol. The van der Waals surface area contributed by atoms with Crippen molar-refractivity contribution in [3.05, 3.63) is 47.5 Å². The highest BCUT2D eigenvalue weighted by Gasteiger charge is 2.10. The SMILES string of the molecule is CC(=O)Nc1ccc(NC(=O)Cn2nnc3cc(C)c(C)cc32)cc1. The maximum absolute atomic E-state index is 12.3. The zero-order chi connectivity index (χ0) is 18.0. The average molecular weight is 337 g/mol. The smallest absolute Gasteiger partial charge is 0.246 e. The van der Waals surface area contributed by atoms with Crippen LogP contribution in [0, 0.1) is 13.8 Å². The lowest BCUT2D eigenvalue weighted by Gasteiger charge is -2.08. The standard InChI is InChI=1S/C18H19N5O2/c1-11-8-16-17(9-12(11)2)23(22-21-16)10-18(25)20-15-6-4-14(5-7-15)19-13(3)24/h4-9H,10H2,1-3H3,(H,19,24)(H,20,25). The van der Waals surface area contributed by atoms with E-state index < -0.39 is 0 Å². The molecule has 0 aliphatic carbocycles. The normalized spacial score (nSPS) is 10.7. The highest BCUT2D eigenvalue weighted by atomic mass is 16.2. The van der Waals surface area contributed by atoms with Gasteiger partial charge in [-0.05, 0) is 61.4 Å². The van der Waals surface area contributed by atoms with Crippen LogP contribution in [0.1, 0.15) is 18.1 Å². The molecule has 1 heterocycles. The van der Waals surface area contributed by atoms with E-state index in [1.807, 2.05) is 26.0 Å². The van der Waals surface area contributed by atoms with Gasteiger partial charge < -0.3 is 10.6 Å². The Balaban J connectivity index is 1.70. The first-order chi connectivity index (χ1) is 11.9. The summed E-state index contributed by atoms with van der Waals surface area (Å²) in [6.07, 6.45) is 0. The molecule has 2 amide bonds. The average Bonchev–Trinajstić information content (AvgIpc) is 2.91. The summed E-state index contributed by atoms with van der Waals surface area (Å²) in [5, 5.41) is 13.7. The van der Waals surface area contributed by atoms with Gasteiger partial charge in [-0.25, -0.2) is 4.68 Å². The Bertz CT molecular complexity index is 944. The van der Waals surface area contributed by atoms with Crippen LogP contribution in [-0.4, -0.2) is 26.8 Å². The van der Waals surface area contributed by atoms with Gasteiger partial charge in [0, 0.05) is 18.3 Å². The molecular formula is C18H19N5O2. The fraction of sp³-hybridized carbons (Fsp3) is 0.222. The van der Waals surface area contributed by atoms with Gasteiger partial charge in [-0.1, -0.05) is 5.21 Å². The Kier molecular flexibility index (Phi) is 4.47. The maximum atomic E-state index is 12.3. The summed E-state index contributed by atoms with van der Waals surface area (Å²) < 4.78 is 1.59. The molecule has 3 aromatic rings. The second-order valence-corrected chi connectivity index (χ2v) is 5.98. The molecule has 7 heteroatoms. The van der Waals surface area contributed by atoms with Crippen LogP contribution in [0.5, 0.6) is 0 Å². The predicted octanol–water partition coefficient (Wildman–Crippen LogP) is 2.65. The number of fused-ring (bicyclic) bond motifs is 1. The molecule has 7 nitrogen and oxygen atoms in total. The number of carbonyl (C=O) groups is 2. The van der Waals surface area contributed by atoms with Crippen LogP contribution in [0.2, 0.25) is 0 Å². The Morgan fingerprint density at radius 1 is 1.00 bits per heavy atom. The van der Waals surface area contributed by atoms with Gasteiger partial charge in [0.2, 0.25) is 11.8 Å². The lowest BCUT2D eigenvalue weighted by molar-refractivity contribution is -0.117. The number of aryl methyl sites for hydroxylation is 2. The molecule has 128 valence electrons. The summed E-state index contributed by atoms with van der Waals surface area (Å²) in [7, 11) is 0. The number of benzene rings is 2. The molecule has 1 aromatic heterocycles. The molecule has 0 fully saturated rings. The minimum atomic E-state index is -0.197. The van der Waals surface area contributed by atoms with E-state index in [4.69, 9.17) is 0 Å². The van der Waals surface area contributed by atoms with Crippen LogP contribution in [0.3, 0.4) is 0 Å². The highest BCUT2D eigenvalue weighted by Crippen LogP contribution is 2.17. The first-order valence-electron chi connectivity index (χ1n) is 7.90. The van der Waals surface area contributed by atoms with Crippen molar-refractivity contribution in [1.29, 1.82) is 0 Å². The molecule has 0 spiro atoms. The quantitative estimate of drug-likeness (QED) is 0.766. The monoisotopic (exact) mass is 337 g/mol. The second-order valence-electron chi connectivity index (χ2n) is 5.98. The Morgan fingerprint density at radius 3 is 2.24 bits per heavy atom. The molecule has 0 radical (unpaired) electrons. The van der Waals surface area contributed by atoms with Crippen molar-refractivity contribution in [3.8, 4) is 0 Å².